The Morgan fingerprint density at radius 1 is 1.38 bits per heavy atom. The third-order valence-electron chi connectivity index (χ3n) is 2.39. The summed E-state index contributed by atoms with van der Waals surface area (Å²) < 4.78 is 35.5. The smallest absolute Gasteiger partial charge is 0.339 e. The van der Waals surface area contributed by atoms with Gasteiger partial charge in [-0.3, -0.25) is 4.79 Å². The van der Waals surface area contributed by atoms with Gasteiger partial charge in [0.1, 0.15) is 0 Å². The van der Waals surface area contributed by atoms with Crippen molar-refractivity contribution in [2.75, 3.05) is 19.6 Å². The molecule has 0 aromatic rings. The highest BCUT2D eigenvalue weighted by Crippen LogP contribution is 2.12. The van der Waals surface area contributed by atoms with Gasteiger partial charge in [-0.2, -0.15) is 13.2 Å². The van der Waals surface area contributed by atoms with Crippen molar-refractivity contribution in [3.8, 4) is 0 Å². The minimum Gasteiger partial charge on any atom is -0.339 e. The molecule has 1 N–H and O–H groups in total. The van der Waals surface area contributed by atoms with Gasteiger partial charge in [0.05, 0.1) is 13.1 Å². The fraction of sp³-hybridized carbons (Fsp3) is 0.900. The Balaban J connectivity index is 4.03. The molecule has 0 radical (unpaired) electrons. The van der Waals surface area contributed by atoms with Crippen molar-refractivity contribution in [1.29, 1.82) is 0 Å². The second kappa shape index (κ2) is 6.73. The normalized spacial score (nSPS) is 13.6. The minimum absolute atomic E-state index is 0.0604. The lowest BCUT2D eigenvalue weighted by Gasteiger charge is -2.27. The van der Waals surface area contributed by atoms with E-state index < -0.39 is 12.7 Å². The second-order valence-electron chi connectivity index (χ2n) is 3.66. The summed E-state index contributed by atoms with van der Waals surface area (Å²) in [5.74, 6) is -0.291. The molecule has 6 heteroatoms. The van der Waals surface area contributed by atoms with E-state index in [1.807, 2.05) is 20.8 Å². The van der Waals surface area contributed by atoms with Crippen LogP contribution in [0.5, 0.6) is 0 Å². The molecule has 0 aliphatic heterocycles. The lowest BCUT2D eigenvalue weighted by molar-refractivity contribution is -0.135. The molecule has 0 aromatic carbocycles. The predicted molar refractivity (Wildman–Crippen MR) is 56.1 cm³/mol. The molecule has 0 spiro atoms. The van der Waals surface area contributed by atoms with E-state index in [-0.39, 0.29) is 18.5 Å². The maximum absolute atomic E-state index is 11.8. The average Bonchev–Trinajstić information content (AvgIpc) is 2.16. The van der Waals surface area contributed by atoms with Crippen molar-refractivity contribution in [2.45, 2.75) is 39.4 Å². The molecule has 0 bridgehead atoms. The van der Waals surface area contributed by atoms with E-state index in [9.17, 15) is 18.0 Å². The largest absolute Gasteiger partial charge is 0.401 e. The Kier molecular flexibility index (Phi) is 6.40. The van der Waals surface area contributed by atoms with Crippen molar-refractivity contribution in [3.63, 3.8) is 0 Å². The zero-order valence-electron chi connectivity index (χ0n) is 9.90. The van der Waals surface area contributed by atoms with Crippen LogP contribution in [0.25, 0.3) is 0 Å². The van der Waals surface area contributed by atoms with Crippen LogP contribution in [0, 0.1) is 0 Å². The maximum atomic E-state index is 11.8. The number of rotatable bonds is 6. The highest BCUT2D eigenvalue weighted by Gasteiger charge is 2.27. The van der Waals surface area contributed by atoms with Crippen molar-refractivity contribution >= 4 is 5.91 Å². The van der Waals surface area contributed by atoms with Gasteiger partial charge in [-0.25, -0.2) is 0 Å². The first-order chi connectivity index (χ1) is 7.31. The topological polar surface area (TPSA) is 32.3 Å². The number of nitrogens with one attached hydrogen (secondary N) is 1. The molecular formula is C10H19F3N2O. The molecule has 0 saturated heterocycles. The molecule has 0 fully saturated rings. The van der Waals surface area contributed by atoms with Crippen LogP contribution >= 0.6 is 0 Å². The summed E-state index contributed by atoms with van der Waals surface area (Å²) in [5.41, 5.74) is 0. The third-order valence-corrected chi connectivity index (χ3v) is 2.39. The molecular weight excluding hydrogens is 221 g/mol. The van der Waals surface area contributed by atoms with Crippen LogP contribution in [-0.4, -0.2) is 42.7 Å². The SMILES string of the molecule is CCC(C)N(CC)C(=O)CNCC(F)(F)F. The van der Waals surface area contributed by atoms with Gasteiger partial charge in [-0.1, -0.05) is 6.92 Å². The molecule has 1 unspecified atom stereocenters. The van der Waals surface area contributed by atoms with Crippen LogP contribution in [0.3, 0.4) is 0 Å². The number of halogens is 3. The minimum atomic E-state index is -4.27. The van der Waals surface area contributed by atoms with Gasteiger partial charge in [0.2, 0.25) is 5.91 Å². The van der Waals surface area contributed by atoms with Crippen LogP contribution in [0.1, 0.15) is 27.2 Å². The van der Waals surface area contributed by atoms with Crippen molar-refractivity contribution in [1.82, 2.24) is 10.2 Å². The maximum Gasteiger partial charge on any atom is 0.401 e. The van der Waals surface area contributed by atoms with E-state index in [2.05, 4.69) is 5.32 Å². The van der Waals surface area contributed by atoms with Crippen LogP contribution in [0.15, 0.2) is 0 Å². The molecule has 16 heavy (non-hydrogen) atoms. The number of hydrogen-bond donors (Lipinski definition) is 1. The highest BCUT2D eigenvalue weighted by atomic mass is 19.4. The van der Waals surface area contributed by atoms with Crippen LogP contribution in [0.4, 0.5) is 13.2 Å². The lowest BCUT2D eigenvalue weighted by atomic mass is 10.2. The van der Waals surface area contributed by atoms with Gasteiger partial charge < -0.3 is 10.2 Å². The Hall–Kier alpha value is -0.780. The van der Waals surface area contributed by atoms with Crippen LogP contribution < -0.4 is 5.32 Å². The van der Waals surface area contributed by atoms with Gasteiger partial charge in [-0.15, -0.1) is 0 Å². The summed E-state index contributed by atoms with van der Waals surface area (Å²) in [7, 11) is 0. The highest BCUT2D eigenvalue weighted by molar-refractivity contribution is 5.78. The molecule has 1 amide bonds. The average molecular weight is 240 g/mol. The number of alkyl halides is 3. The summed E-state index contributed by atoms with van der Waals surface area (Å²) in [6.07, 6.45) is -3.48. The van der Waals surface area contributed by atoms with Gasteiger partial charge >= 0.3 is 6.18 Å². The van der Waals surface area contributed by atoms with E-state index in [1.54, 1.807) is 4.90 Å². The number of carbonyl (C=O) groups excluding carboxylic acids is 1. The molecule has 0 saturated carbocycles. The van der Waals surface area contributed by atoms with E-state index >= 15 is 0 Å². The van der Waals surface area contributed by atoms with Gasteiger partial charge in [-0.05, 0) is 20.3 Å². The monoisotopic (exact) mass is 240 g/mol. The van der Waals surface area contributed by atoms with Crippen molar-refractivity contribution in [3.05, 3.63) is 0 Å². The predicted octanol–water partition coefficient (Wildman–Crippen LogP) is 1.79. The number of hydrogen-bond acceptors (Lipinski definition) is 2. The molecule has 1 atom stereocenters. The Morgan fingerprint density at radius 3 is 2.31 bits per heavy atom. The summed E-state index contributed by atoms with van der Waals surface area (Å²) >= 11 is 0. The van der Waals surface area contributed by atoms with Crippen molar-refractivity contribution < 1.29 is 18.0 Å². The summed E-state index contributed by atoms with van der Waals surface area (Å²) in [4.78, 5) is 13.1. The molecule has 0 aliphatic rings. The first-order valence-electron chi connectivity index (χ1n) is 5.38. The van der Waals surface area contributed by atoms with Crippen LogP contribution in [-0.2, 0) is 4.79 Å². The lowest BCUT2D eigenvalue weighted by Crippen LogP contribution is -2.44. The molecule has 0 heterocycles. The fourth-order valence-electron chi connectivity index (χ4n) is 1.37. The molecule has 0 aliphatic carbocycles. The third kappa shape index (κ3) is 5.95. The second-order valence-corrected chi connectivity index (χ2v) is 3.66. The molecule has 0 aromatic heterocycles. The molecule has 3 nitrogen and oxygen atoms in total. The zero-order valence-corrected chi connectivity index (χ0v) is 9.90. The summed E-state index contributed by atoms with van der Waals surface area (Å²) in [6, 6.07) is 0.0604. The van der Waals surface area contributed by atoms with Gasteiger partial charge in [0.25, 0.3) is 0 Å². The number of nitrogens with zero attached hydrogens (tertiary/aromatic N) is 1. The Morgan fingerprint density at radius 2 is 1.94 bits per heavy atom. The Bertz CT molecular complexity index is 219. The van der Waals surface area contributed by atoms with E-state index in [0.29, 0.717) is 6.54 Å². The Labute approximate surface area is 94.0 Å². The van der Waals surface area contributed by atoms with E-state index in [1.165, 1.54) is 0 Å². The standard InChI is InChI=1S/C10H19F3N2O/c1-4-8(3)15(5-2)9(16)6-14-7-10(11,12)13/h8,14H,4-7H2,1-3H3. The summed E-state index contributed by atoms with van der Waals surface area (Å²) in [5, 5.41) is 2.10. The fourth-order valence-corrected chi connectivity index (χ4v) is 1.37. The van der Waals surface area contributed by atoms with Crippen LogP contribution in [0.2, 0.25) is 0 Å². The van der Waals surface area contributed by atoms with Crippen molar-refractivity contribution in [2.24, 2.45) is 0 Å². The zero-order chi connectivity index (χ0) is 12.8. The molecule has 96 valence electrons. The van der Waals surface area contributed by atoms with E-state index in [0.717, 1.165) is 6.42 Å². The number of amides is 1. The number of likely N-dealkylation sites (N-methyl/N-ethyl adjacent to an activating group) is 1. The van der Waals surface area contributed by atoms with E-state index in [4.69, 9.17) is 0 Å². The first-order valence-corrected chi connectivity index (χ1v) is 5.38. The number of carbonyl (C=O) groups is 1. The quantitative estimate of drug-likeness (QED) is 0.767. The van der Waals surface area contributed by atoms with Gasteiger partial charge in [0.15, 0.2) is 0 Å². The molecule has 0 rings (SSSR count). The van der Waals surface area contributed by atoms with Gasteiger partial charge in [0, 0.05) is 12.6 Å². The first kappa shape index (κ1) is 15.2. The summed E-state index contributed by atoms with van der Waals surface area (Å²) in [6.45, 7) is 4.75.